The average molecular weight is 275 g/mol. The molecule has 1 nitrogen and oxygen atoms in total. The van der Waals surface area contributed by atoms with Crippen molar-refractivity contribution in [1.29, 1.82) is 0 Å². The van der Waals surface area contributed by atoms with E-state index < -0.39 is 0 Å². The maximum atomic E-state index is 6.14. The Bertz CT molecular complexity index is 794. The van der Waals surface area contributed by atoms with Gasteiger partial charge in [-0.2, -0.15) is 0 Å². The minimum absolute atomic E-state index is 0.0525. The highest BCUT2D eigenvalue weighted by Gasteiger charge is 2.17. The molecule has 0 fully saturated rings. The van der Waals surface area contributed by atoms with Crippen molar-refractivity contribution in [2.45, 2.75) is 26.2 Å². The van der Waals surface area contributed by atoms with E-state index >= 15 is 0 Å². The lowest BCUT2D eigenvalue weighted by atomic mass is 9.84. The molecule has 0 spiro atoms. The second-order valence-corrected chi connectivity index (χ2v) is 6.61. The van der Waals surface area contributed by atoms with E-state index in [9.17, 15) is 0 Å². The molecule has 0 atom stereocenters. The Morgan fingerprint density at radius 2 is 1.33 bits per heavy atom. The molecule has 0 heterocycles. The third-order valence-corrected chi connectivity index (χ3v) is 3.94. The van der Waals surface area contributed by atoms with Crippen LogP contribution in [0.1, 0.15) is 26.3 Å². The molecule has 0 saturated carbocycles. The van der Waals surface area contributed by atoms with Crippen LogP contribution in [0.5, 0.6) is 0 Å². The molecule has 1 heteroatoms. The molecule has 3 aromatic carbocycles. The number of nitrogens with two attached hydrogens (primary N) is 1. The molecule has 0 unspecified atom stereocenters. The third kappa shape index (κ3) is 2.64. The molecule has 0 bridgehead atoms. The number of rotatable bonds is 1. The fourth-order valence-corrected chi connectivity index (χ4v) is 2.75. The maximum Gasteiger partial charge on any atom is 0.0352 e. The van der Waals surface area contributed by atoms with Crippen LogP contribution in [0.3, 0.4) is 0 Å². The Morgan fingerprint density at radius 1 is 0.714 bits per heavy atom. The minimum atomic E-state index is 0.0525. The summed E-state index contributed by atoms with van der Waals surface area (Å²) in [6, 6.07) is 21.4. The smallest absolute Gasteiger partial charge is 0.0352 e. The molecule has 106 valence electrons. The van der Waals surface area contributed by atoms with Crippen molar-refractivity contribution in [2.75, 3.05) is 5.73 Å². The summed E-state index contributed by atoms with van der Waals surface area (Å²) in [5, 5.41) is 2.54. The largest absolute Gasteiger partial charge is 0.398 e. The fourth-order valence-electron chi connectivity index (χ4n) is 2.75. The molecule has 0 saturated heterocycles. The summed E-state index contributed by atoms with van der Waals surface area (Å²) in [7, 11) is 0. The first-order chi connectivity index (χ1) is 9.95. The van der Waals surface area contributed by atoms with Crippen LogP contribution in [-0.4, -0.2) is 0 Å². The molecule has 0 amide bonds. The van der Waals surface area contributed by atoms with Gasteiger partial charge in [-0.3, -0.25) is 0 Å². The minimum Gasteiger partial charge on any atom is -0.398 e. The van der Waals surface area contributed by atoms with E-state index in [4.69, 9.17) is 5.73 Å². The van der Waals surface area contributed by atoms with Gasteiger partial charge in [0.15, 0.2) is 0 Å². The van der Waals surface area contributed by atoms with Crippen LogP contribution < -0.4 is 5.73 Å². The Morgan fingerprint density at radius 3 is 2.05 bits per heavy atom. The highest BCUT2D eigenvalue weighted by Crippen LogP contribution is 2.33. The topological polar surface area (TPSA) is 26.0 Å². The van der Waals surface area contributed by atoms with Crippen molar-refractivity contribution < 1.29 is 0 Å². The Hall–Kier alpha value is -2.28. The second-order valence-electron chi connectivity index (χ2n) is 6.61. The number of hydrogen-bond acceptors (Lipinski definition) is 1. The van der Waals surface area contributed by atoms with Crippen molar-refractivity contribution >= 4 is 16.5 Å². The van der Waals surface area contributed by atoms with Gasteiger partial charge in [0.25, 0.3) is 0 Å². The zero-order valence-corrected chi connectivity index (χ0v) is 12.9. The van der Waals surface area contributed by atoms with Gasteiger partial charge in [-0.05, 0) is 51.1 Å². The molecule has 0 aliphatic carbocycles. The lowest BCUT2D eigenvalue weighted by molar-refractivity contribution is 0.593. The van der Waals surface area contributed by atoms with Crippen LogP contribution in [0.4, 0.5) is 5.69 Å². The van der Waals surface area contributed by atoms with Gasteiger partial charge in [-0.1, -0.05) is 63.2 Å². The van der Waals surface area contributed by atoms with E-state index in [1.807, 2.05) is 6.07 Å². The number of hydrogen-bond donors (Lipinski definition) is 1. The van der Waals surface area contributed by atoms with Crippen molar-refractivity contribution in [3.05, 3.63) is 66.2 Å². The van der Waals surface area contributed by atoms with Crippen molar-refractivity contribution in [2.24, 2.45) is 0 Å². The van der Waals surface area contributed by atoms with Crippen LogP contribution in [-0.2, 0) is 5.41 Å². The quantitative estimate of drug-likeness (QED) is 0.592. The molecule has 21 heavy (non-hydrogen) atoms. The summed E-state index contributed by atoms with van der Waals surface area (Å²) in [5.74, 6) is 0. The Labute approximate surface area is 126 Å². The molecule has 0 aliphatic heterocycles. The zero-order valence-electron chi connectivity index (χ0n) is 12.9. The Kier molecular flexibility index (Phi) is 3.21. The predicted molar refractivity (Wildman–Crippen MR) is 92.5 cm³/mol. The summed E-state index contributed by atoms with van der Waals surface area (Å²) in [6.45, 7) is 6.59. The first kappa shape index (κ1) is 13.7. The number of nitrogen functional groups attached to an aromatic ring is 1. The summed E-state index contributed by atoms with van der Waals surface area (Å²) in [6.07, 6.45) is 0. The molecular weight excluding hydrogens is 254 g/mol. The predicted octanol–water partition coefficient (Wildman–Crippen LogP) is 5.39. The molecule has 0 radical (unpaired) electrons. The summed E-state index contributed by atoms with van der Waals surface area (Å²) < 4.78 is 0. The van der Waals surface area contributed by atoms with Gasteiger partial charge in [0.1, 0.15) is 0 Å². The normalized spacial score (nSPS) is 11.8. The van der Waals surface area contributed by atoms with Gasteiger partial charge < -0.3 is 5.73 Å². The highest BCUT2D eigenvalue weighted by atomic mass is 14.6. The second kappa shape index (κ2) is 4.92. The average Bonchev–Trinajstić information content (AvgIpc) is 2.46. The van der Waals surface area contributed by atoms with Gasteiger partial charge in [0.2, 0.25) is 0 Å². The van der Waals surface area contributed by atoms with E-state index in [0.29, 0.717) is 0 Å². The summed E-state index contributed by atoms with van der Waals surface area (Å²) >= 11 is 0. The summed E-state index contributed by atoms with van der Waals surface area (Å²) in [5.41, 5.74) is 10.7. The first-order valence-electron chi connectivity index (χ1n) is 7.34. The highest BCUT2D eigenvalue weighted by molar-refractivity contribution is 5.87. The van der Waals surface area contributed by atoms with E-state index in [-0.39, 0.29) is 5.41 Å². The molecule has 0 aromatic heterocycles. The van der Waals surface area contributed by atoms with Gasteiger partial charge in [-0.25, -0.2) is 0 Å². The third-order valence-electron chi connectivity index (χ3n) is 3.94. The van der Waals surface area contributed by atoms with Crippen LogP contribution in [0, 0.1) is 0 Å². The van der Waals surface area contributed by atoms with Gasteiger partial charge >= 0.3 is 0 Å². The lowest BCUT2D eigenvalue weighted by Crippen LogP contribution is -2.13. The van der Waals surface area contributed by atoms with E-state index in [1.165, 1.54) is 27.5 Å². The van der Waals surface area contributed by atoms with E-state index in [0.717, 1.165) is 5.69 Å². The van der Waals surface area contributed by atoms with Crippen LogP contribution >= 0.6 is 0 Å². The van der Waals surface area contributed by atoms with Crippen molar-refractivity contribution in [3.8, 4) is 11.1 Å². The number of benzene rings is 3. The fraction of sp³-hybridized carbons (Fsp3) is 0.200. The van der Waals surface area contributed by atoms with Gasteiger partial charge in [0, 0.05) is 5.69 Å². The van der Waals surface area contributed by atoms with Gasteiger partial charge in [0.05, 0.1) is 0 Å². The SMILES string of the molecule is CC(C)(C)c1cc(-c2ccc3ccccc3c2)ccc1N. The summed E-state index contributed by atoms with van der Waals surface area (Å²) in [4.78, 5) is 0. The number of fused-ring (bicyclic) bond motifs is 1. The standard InChI is InChI=1S/C20H21N/c1-20(2,3)18-13-17(10-11-19(18)21)16-9-8-14-6-4-5-7-15(14)12-16/h4-13H,21H2,1-3H3. The van der Waals surface area contributed by atoms with Gasteiger partial charge in [-0.15, -0.1) is 0 Å². The van der Waals surface area contributed by atoms with Crippen molar-refractivity contribution in [1.82, 2.24) is 0 Å². The molecule has 0 aliphatic rings. The lowest BCUT2D eigenvalue weighted by Gasteiger charge is -2.22. The maximum absolute atomic E-state index is 6.14. The van der Waals surface area contributed by atoms with Crippen LogP contribution in [0.25, 0.3) is 21.9 Å². The van der Waals surface area contributed by atoms with Crippen molar-refractivity contribution in [3.63, 3.8) is 0 Å². The molecule has 3 aromatic rings. The first-order valence-corrected chi connectivity index (χ1v) is 7.34. The van der Waals surface area contributed by atoms with Crippen LogP contribution in [0.2, 0.25) is 0 Å². The number of anilines is 1. The Balaban J connectivity index is 2.14. The molecule has 2 N–H and O–H groups in total. The van der Waals surface area contributed by atoms with E-state index in [1.54, 1.807) is 0 Å². The molecular formula is C20H21N. The monoisotopic (exact) mass is 275 g/mol. The van der Waals surface area contributed by atoms with Crippen LogP contribution in [0.15, 0.2) is 60.7 Å². The van der Waals surface area contributed by atoms with E-state index in [2.05, 4.69) is 75.4 Å². The molecule has 3 rings (SSSR count). The zero-order chi connectivity index (χ0) is 15.0.